The van der Waals surface area contributed by atoms with Gasteiger partial charge in [-0.3, -0.25) is 4.79 Å². The van der Waals surface area contributed by atoms with Crippen LogP contribution < -0.4 is 14.8 Å². The summed E-state index contributed by atoms with van der Waals surface area (Å²) in [6.07, 6.45) is 1.94. The first-order chi connectivity index (χ1) is 12.4. The molecule has 1 heterocycles. The van der Waals surface area contributed by atoms with Gasteiger partial charge >= 0.3 is 0 Å². The van der Waals surface area contributed by atoms with Gasteiger partial charge < -0.3 is 14.8 Å². The van der Waals surface area contributed by atoms with Crippen LogP contribution in [0.3, 0.4) is 0 Å². The van der Waals surface area contributed by atoms with Crippen molar-refractivity contribution in [2.45, 2.75) is 51.7 Å². The van der Waals surface area contributed by atoms with E-state index >= 15 is 0 Å². The van der Waals surface area contributed by atoms with E-state index in [9.17, 15) is 4.79 Å². The molecule has 4 heteroatoms. The zero-order valence-electron chi connectivity index (χ0n) is 16.0. The van der Waals surface area contributed by atoms with Gasteiger partial charge in [0.25, 0.3) is 0 Å². The van der Waals surface area contributed by atoms with Crippen LogP contribution in [0.15, 0.2) is 42.5 Å². The summed E-state index contributed by atoms with van der Waals surface area (Å²) in [4.78, 5) is 12.5. The van der Waals surface area contributed by atoms with Gasteiger partial charge in [-0.1, -0.05) is 29.8 Å². The molecule has 1 amide bonds. The lowest BCUT2D eigenvalue weighted by Gasteiger charge is -2.38. The lowest BCUT2D eigenvalue weighted by Crippen LogP contribution is -2.41. The van der Waals surface area contributed by atoms with Gasteiger partial charge in [0.2, 0.25) is 5.91 Å². The van der Waals surface area contributed by atoms with Crippen molar-refractivity contribution in [2.75, 3.05) is 7.11 Å². The summed E-state index contributed by atoms with van der Waals surface area (Å²) >= 11 is 0. The van der Waals surface area contributed by atoms with Gasteiger partial charge in [0.1, 0.15) is 17.1 Å². The third kappa shape index (κ3) is 4.37. The molecular formula is C22H27NO3. The molecule has 1 N–H and O–H groups in total. The first-order valence-electron chi connectivity index (χ1n) is 9.08. The maximum atomic E-state index is 12.5. The van der Waals surface area contributed by atoms with Crippen molar-refractivity contribution in [3.8, 4) is 11.5 Å². The van der Waals surface area contributed by atoms with Crippen LogP contribution in [-0.2, 0) is 11.2 Å². The summed E-state index contributed by atoms with van der Waals surface area (Å²) in [6.45, 7) is 6.18. The quantitative estimate of drug-likeness (QED) is 0.869. The summed E-state index contributed by atoms with van der Waals surface area (Å²) < 4.78 is 11.2. The van der Waals surface area contributed by atoms with E-state index in [0.29, 0.717) is 12.8 Å². The molecule has 2 aromatic rings. The van der Waals surface area contributed by atoms with Crippen molar-refractivity contribution in [3.63, 3.8) is 0 Å². The van der Waals surface area contributed by atoms with Gasteiger partial charge in [-0.2, -0.15) is 0 Å². The number of hydrogen-bond donors (Lipinski definition) is 1. The molecule has 0 fully saturated rings. The lowest BCUT2D eigenvalue weighted by atomic mass is 9.89. The Bertz CT molecular complexity index is 780. The number of amides is 1. The van der Waals surface area contributed by atoms with E-state index in [2.05, 4.69) is 32.2 Å². The third-order valence-corrected chi connectivity index (χ3v) is 4.76. The summed E-state index contributed by atoms with van der Waals surface area (Å²) in [6, 6.07) is 14.0. The molecule has 26 heavy (non-hydrogen) atoms. The molecule has 1 aliphatic rings. The fraction of sp³-hybridized carbons (Fsp3) is 0.409. The predicted octanol–water partition coefficient (Wildman–Crippen LogP) is 4.35. The van der Waals surface area contributed by atoms with Crippen molar-refractivity contribution in [1.29, 1.82) is 0 Å². The zero-order chi connectivity index (χ0) is 18.7. The molecule has 0 radical (unpaired) electrons. The van der Waals surface area contributed by atoms with Gasteiger partial charge in [-0.25, -0.2) is 0 Å². The Balaban J connectivity index is 1.65. The van der Waals surface area contributed by atoms with Crippen molar-refractivity contribution in [1.82, 2.24) is 5.32 Å². The SMILES string of the molecule is COc1ccc(CCC(=O)NC2CC(C)(C)Oc3ccc(C)cc32)cc1. The van der Waals surface area contributed by atoms with Crippen LogP contribution in [-0.4, -0.2) is 18.6 Å². The summed E-state index contributed by atoms with van der Waals surface area (Å²) in [5, 5.41) is 3.21. The fourth-order valence-electron chi connectivity index (χ4n) is 3.42. The Kier molecular flexibility index (Phi) is 5.21. The molecule has 1 unspecified atom stereocenters. The highest BCUT2D eigenvalue weighted by atomic mass is 16.5. The molecule has 0 aliphatic carbocycles. The second-order valence-corrected chi connectivity index (χ2v) is 7.58. The smallest absolute Gasteiger partial charge is 0.220 e. The number of carbonyl (C=O) groups excluding carboxylic acids is 1. The third-order valence-electron chi connectivity index (χ3n) is 4.76. The van der Waals surface area contributed by atoms with E-state index in [4.69, 9.17) is 9.47 Å². The zero-order valence-corrected chi connectivity index (χ0v) is 16.0. The van der Waals surface area contributed by atoms with Crippen LogP contribution in [0, 0.1) is 6.92 Å². The Hall–Kier alpha value is -2.49. The molecule has 0 aromatic heterocycles. The minimum absolute atomic E-state index is 0.0167. The van der Waals surface area contributed by atoms with Crippen LogP contribution in [0.1, 0.15) is 49.4 Å². The highest BCUT2D eigenvalue weighted by Gasteiger charge is 2.34. The monoisotopic (exact) mass is 353 g/mol. The van der Waals surface area contributed by atoms with E-state index in [1.165, 1.54) is 5.56 Å². The second kappa shape index (κ2) is 7.40. The van der Waals surface area contributed by atoms with Crippen molar-refractivity contribution >= 4 is 5.91 Å². The van der Waals surface area contributed by atoms with Crippen LogP contribution in [0.25, 0.3) is 0 Å². The Morgan fingerprint density at radius 2 is 1.96 bits per heavy atom. The van der Waals surface area contributed by atoms with Gasteiger partial charge in [-0.05, 0) is 51.0 Å². The first-order valence-corrected chi connectivity index (χ1v) is 9.08. The van der Waals surface area contributed by atoms with E-state index < -0.39 is 0 Å². The molecule has 0 saturated heterocycles. The number of methoxy groups -OCH3 is 1. The van der Waals surface area contributed by atoms with E-state index in [0.717, 1.165) is 29.0 Å². The molecule has 3 rings (SSSR count). The molecule has 0 bridgehead atoms. The summed E-state index contributed by atoms with van der Waals surface area (Å²) in [7, 11) is 1.65. The van der Waals surface area contributed by atoms with Crippen molar-refractivity contribution < 1.29 is 14.3 Å². The maximum absolute atomic E-state index is 12.5. The van der Waals surface area contributed by atoms with Crippen LogP contribution >= 0.6 is 0 Å². The second-order valence-electron chi connectivity index (χ2n) is 7.58. The minimum Gasteiger partial charge on any atom is -0.497 e. The van der Waals surface area contributed by atoms with Crippen LogP contribution in [0.4, 0.5) is 0 Å². The van der Waals surface area contributed by atoms with Gasteiger partial charge in [0, 0.05) is 18.4 Å². The molecule has 2 aromatic carbocycles. The van der Waals surface area contributed by atoms with Gasteiger partial charge in [0.15, 0.2) is 0 Å². The van der Waals surface area contributed by atoms with Crippen LogP contribution in [0.2, 0.25) is 0 Å². The average molecular weight is 353 g/mol. The lowest BCUT2D eigenvalue weighted by molar-refractivity contribution is -0.122. The van der Waals surface area contributed by atoms with E-state index in [1.807, 2.05) is 36.4 Å². The fourth-order valence-corrected chi connectivity index (χ4v) is 3.42. The number of nitrogens with one attached hydrogen (secondary N) is 1. The Morgan fingerprint density at radius 1 is 1.23 bits per heavy atom. The molecule has 0 spiro atoms. The molecule has 1 atom stereocenters. The molecule has 0 saturated carbocycles. The van der Waals surface area contributed by atoms with Gasteiger partial charge in [0.05, 0.1) is 13.2 Å². The Labute approximate surface area is 155 Å². The first kappa shape index (κ1) is 18.3. The molecular weight excluding hydrogens is 326 g/mol. The van der Waals surface area contributed by atoms with E-state index in [1.54, 1.807) is 7.11 Å². The van der Waals surface area contributed by atoms with Crippen molar-refractivity contribution in [2.24, 2.45) is 0 Å². The highest BCUT2D eigenvalue weighted by molar-refractivity contribution is 5.77. The number of carbonyl (C=O) groups is 1. The summed E-state index contributed by atoms with van der Waals surface area (Å²) in [5.74, 6) is 1.76. The number of hydrogen-bond acceptors (Lipinski definition) is 3. The van der Waals surface area contributed by atoms with Crippen molar-refractivity contribution in [3.05, 3.63) is 59.2 Å². The number of rotatable bonds is 5. The highest BCUT2D eigenvalue weighted by Crippen LogP contribution is 2.39. The molecule has 138 valence electrons. The topological polar surface area (TPSA) is 47.6 Å². The van der Waals surface area contributed by atoms with E-state index in [-0.39, 0.29) is 17.6 Å². The van der Waals surface area contributed by atoms with Crippen LogP contribution in [0.5, 0.6) is 11.5 Å². The maximum Gasteiger partial charge on any atom is 0.220 e. The minimum atomic E-state index is -0.295. The number of fused-ring (bicyclic) bond motifs is 1. The summed E-state index contributed by atoms with van der Waals surface area (Å²) in [5.41, 5.74) is 3.08. The molecule has 1 aliphatic heterocycles. The number of aryl methyl sites for hydroxylation is 2. The standard InChI is InChI=1S/C22H27NO3/c1-15-5-11-20-18(13-15)19(14-22(2,3)26-20)23-21(24)12-8-16-6-9-17(25-4)10-7-16/h5-7,9-11,13,19H,8,12,14H2,1-4H3,(H,23,24). The normalized spacial score (nSPS) is 17.8. The number of ether oxygens (including phenoxy) is 2. The Morgan fingerprint density at radius 3 is 2.65 bits per heavy atom. The predicted molar refractivity (Wildman–Crippen MR) is 103 cm³/mol. The number of benzene rings is 2. The largest absolute Gasteiger partial charge is 0.497 e. The molecule has 4 nitrogen and oxygen atoms in total. The van der Waals surface area contributed by atoms with Gasteiger partial charge in [-0.15, -0.1) is 0 Å². The average Bonchev–Trinajstić information content (AvgIpc) is 2.60.